The van der Waals surface area contributed by atoms with Crippen LogP contribution in [0.3, 0.4) is 0 Å². The van der Waals surface area contributed by atoms with Gasteiger partial charge in [0.05, 0.1) is 5.75 Å². The van der Waals surface area contributed by atoms with Gasteiger partial charge >= 0.3 is 0 Å². The number of thioether (sulfide) groups is 1. The fraction of sp³-hybridized carbons (Fsp3) is 0.167. The quantitative estimate of drug-likeness (QED) is 0.585. The van der Waals surface area contributed by atoms with E-state index in [9.17, 15) is 4.79 Å². The molecule has 1 heterocycles. The molecule has 1 N–H and O–H groups in total. The van der Waals surface area contributed by atoms with Gasteiger partial charge in [0.1, 0.15) is 0 Å². The monoisotopic (exact) mass is 432 g/mol. The zero-order chi connectivity index (χ0) is 18.5. The van der Waals surface area contributed by atoms with E-state index in [1.807, 2.05) is 67.5 Å². The maximum Gasteiger partial charge on any atom is 0.277 e. The van der Waals surface area contributed by atoms with E-state index in [-0.39, 0.29) is 11.7 Å². The highest BCUT2D eigenvalue weighted by atomic mass is 79.9. The molecule has 3 rings (SSSR count). The first kappa shape index (κ1) is 18.5. The molecule has 0 radical (unpaired) electrons. The van der Waals surface area contributed by atoms with Crippen molar-refractivity contribution in [1.29, 1.82) is 0 Å². The molecular weight excluding hydrogens is 416 g/mol. The smallest absolute Gasteiger partial charge is 0.277 e. The summed E-state index contributed by atoms with van der Waals surface area (Å²) in [6.45, 7) is 0. The summed E-state index contributed by atoms with van der Waals surface area (Å²) >= 11 is 4.61. The lowest BCUT2D eigenvalue weighted by Gasteiger charge is -2.12. The van der Waals surface area contributed by atoms with Gasteiger partial charge < -0.3 is 14.6 Å². The Balaban J connectivity index is 1.55. The van der Waals surface area contributed by atoms with Crippen molar-refractivity contribution in [2.24, 2.45) is 0 Å². The lowest BCUT2D eigenvalue weighted by atomic mass is 10.2. The van der Waals surface area contributed by atoms with E-state index < -0.39 is 0 Å². The average molecular weight is 433 g/mol. The lowest BCUT2D eigenvalue weighted by molar-refractivity contribution is -0.113. The minimum absolute atomic E-state index is 0.130. The van der Waals surface area contributed by atoms with Crippen LogP contribution in [-0.2, 0) is 4.79 Å². The number of halogens is 1. The van der Waals surface area contributed by atoms with Crippen molar-refractivity contribution in [3.8, 4) is 11.5 Å². The second-order valence-corrected chi connectivity index (χ2v) is 7.50. The molecule has 0 unspecified atom stereocenters. The molecule has 0 aliphatic heterocycles. The fourth-order valence-electron chi connectivity index (χ4n) is 2.17. The third-order valence-corrected chi connectivity index (χ3v) is 4.78. The second kappa shape index (κ2) is 8.37. The molecule has 6 nitrogen and oxygen atoms in total. The minimum Gasteiger partial charge on any atom is -0.411 e. The molecule has 1 amide bonds. The summed E-state index contributed by atoms with van der Waals surface area (Å²) in [5.41, 5.74) is 2.65. The fourth-order valence-corrected chi connectivity index (χ4v) is 3.14. The number of hydrogen-bond acceptors (Lipinski definition) is 6. The predicted molar refractivity (Wildman–Crippen MR) is 108 cm³/mol. The summed E-state index contributed by atoms with van der Waals surface area (Å²) in [4.78, 5) is 14.1. The molecule has 0 saturated carbocycles. The molecule has 0 saturated heterocycles. The van der Waals surface area contributed by atoms with Crippen LogP contribution in [0.2, 0.25) is 0 Å². The highest BCUT2D eigenvalue weighted by Crippen LogP contribution is 2.25. The zero-order valence-corrected chi connectivity index (χ0v) is 16.7. The molecule has 8 heteroatoms. The van der Waals surface area contributed by atoms with E-state index in [4.69, 9.17) is 4.42 Å². The van der Waals surface area contributed by atoms with Gasteiger partial charge in [-0.3, -0.25) is 4.79 Å². The topological polar surface area (TPSA) is 71.3 Å². The van der Waals surface area contributed by atoms with Gasteiger partial charge in [0.2, 0.25) is 11.8 Å². The van der Waals surface area contributed by atoms with Gasteiger partial charge in [-0.1, -0.05) is 33.8 Å². The van der Waals surface area contributed by atoms with Gasteiger partial charge in [0, 0.05) is 35.5 Å². The molecule has 0 aliphatic rings. The molecule has 134 valence electrons. The van der Waals surface area contributed by atoms with E-state index in [0.717, 1.165) is 21.4 Å². The van der Waals surface area contributed by atoms with Gasteiger partial charge in [-0.2, -0.15) is 0 Å². The summed E-state index contributed by atoms with van der Waals surface area (Å²) in [7, 11) is 3.94. The first-order valence-corrected chi connectivity index (χ1v) is 9.58. The number of nitrogens with zero attached hydrogens (tertiary/aromatic N) is 3. The van der Waals surface area contributed by atoms with Crippen LogP contribution in [0.5, 0.6) is 0 Å². The summed E-state index contributed by atoms with van der Waals surface area (Å²) < 4.78 is 6.53. The van der Waals surface area contributed by atoms with Crippen molar-refractivity contribution in [1.82, 2.24) is 10.2 Å². The van der Waals surface area contributed by atoms with Gasteiger partial charge in [0.15, 0.2) is 0 Å². The van der Waals surface area contributed by atoms with Crippen LogP contribution in [0.1, 0.15) is 0 Å². The number of carbonyl (C=O) groups is 1. The molecule has 0 spiro atoms. The Morgan fingerprint density at radius 1 is 1.19 bits per heavy atom. The van der Waals surface area contributed by atoms with Crippen LogP contribution >= 0.6 is 27.7 Å². The van der Waals surface area contributed by atoms with E-state index >= 15 is 0 Å². The van der Waals surface area contributed by atoms with E-state index in [1.54, 1.807) is 0 Å². The van der Waals surface area contributed by atoms with Gasteiger partial charge in [-0.15, -0.1) is 10.2 Å². The number of nitrogens with one attached hydrogen (secondary N) is 1. The van der Waals surface area contributed by atoms with Crippen molar-refractivity contribution in [3.63, 3.8) is 0 Å². The van der Waals surface area contributed by atoms with Crippen LogP contribution in [0.4, 0.5) is 11.4 Å². The Morgan fingerprint density at radius 2 is 1.96 bits per heavy atom. The molecular formula is C18H17BrN4O2S. The second-order valence-electron chi connectivity index (χ2n) is 5.66. The molecule has 0 fully saturated rings. The van der Waals surface area contributed by atoms with Crippen molar-refractivity contribution in [2.45, 2.75) is 5.22 Å². The SMILES string of the molecule is CN(C)c1ccc(NC(=O)CSc2nnc(-c3cccc(Br)c3)o2)cc1. The van der Waals surface area contributed by atoms with Crippen molar-refractivity contribution in [3.05, 3.63) is 53.0 Å². The van der Waals surface area contributed by atoms with Crippen molar-refractivity contribution >= 4 is 45.0 Å². The normalized spacial score (nSPS) is 10.6. The summed E-state index contributed by atoms with van der Waals surface area (Å²) in [5.74, 6) is 0.485. The lowest BCUT2D eigenvalue weighted by Crippen LogP contribution is -2.14. The number of anilines is 2. The van der Waals surface area contributed by atoms with E-state index in [2.05, 4.69) is 31.4 Å². The predicted octanol–water partition coefficient (Wildman–Crippen LogP) is 4.30. The Kier molecular flexibility index (Phi) is 5.95. The molecule has 0 atom stereocenters. The van der Waals surface area contributed by atoms with Crippen LogP contribution in [0.25, 0.3) is 11.5 Å². The van der Waals surface area contributed by atoms with Crippen molar-refractivity contribution < 1.29 is 9.21 Å². The van der Waals surface area contributed by atoms with Gasteiger partial charge in [-0.05, 0) is 42.5 Å². The summed E-state index contributed by atoms with van der Waals surface area (Å²) in [5, 5.41) is 11.2. The molecule has 3 aromatic rings. The molecule has 0 bridgehead atoms. The van der Waals surface area contributed by atoms with Gasteiger partial charge in [0.25, 0.3) is 5.22 Å². The minimum atomic E-state index is -0.130. The first-order chi connectivity index (χ1) is 12.5. The van der Waals surface area contributed by atoms with E-state index in [0.29, 0.717) is 11.1 Å². The van der Waals surface area contributed by atoms with Crippen LogP contribution in [0, 0.1) is 0 Å². The Morgan fingerprint density at radius 3 is 2.65 bits per heavy atom. The number of aromatic nitrogens is 2. The number of amides is 1. The Hall–Kier alpha value is -2.32. The summed E-state index contributed by atoms with van der Waals surface area (Å²) in [6.07, 6.45) is 0. The van der Waals surface area contributed by atoms with Crippen molar-refractivity contribution in [2.75, 3.05) is 30.1 Å². The molecule has 26 heavy (non-hydrogen) atoms. The molecule has 2 aromatic carbocycles. The number of hydrogen-bond donors (Lipinski definition) is 1. The highest BCUT2D eigenvalue weighted by Gasteiger charge is 2.11. The standard InChI is InChI=1S/C18H17BrN4O2S/c1-23(2)15-8-6-14(7-9-15)20-16(24)11-26-18-22-21-17(25-18)12-4-3-5-13(19)10-12/h3-10H,11H2,1-2H3,(H,20,24). The maximum absolute atomic E-state index is 12.1. The third-order valence-electron chi connectivity index (χ3n) is 3.47. The maximum atomic E-state index is 12.1. The molecule has 1 aromatic heterocycles. The Bertz CT molecular complexity index is 896. The third kappa shape index (κ3) is 4.86. The van der Waals surface area contributed by atoms with E-state index in [1.165, 1.54) is 11.8 Å². The number of carbonyl (C=O) groups excluding carboxylic acids is 1. The highest BCUT2D eigenvalue weighted by molar-refractivity contribution is 9.10. The van der Waals surface area contributed by atoms with Gasteiger partial charge in [-0.25, -0.2) is 0 Å². The Labute approximate surface area is 164 Å². The first-order valence-electron chi connectivity index (χ1n) is 7.81. The summed E-state index contributed by atoms with van der Waals surface area (Å²) in [6, 6.07) is 15.2. The largest absolute Gasteiger partial charge is 0.411 e. The number of rotatable bonds is 6. The molecule has 0 aliphatic carbocycles. The zero-order valence-electron chi connectivity index (χ0n) is 14.3. The average Bonchev–Trinajstić information content (AvgIpc) is 3.09. The number of benzene rings is 2. The van der Waals surface area contributed by atoms with Crippen LogP contribution in [-0.4, -0.2) is 36.0 Å². The van der Waals surface area contributed by atoms with Crippen LogP contribution < -0.4 is 10.2 Å². The van der Waals surface area contributed by atoms with Crippen LogP contribution in [0.15, 0.2) is 62.6 Å².